The molecule has 0 amide bonds. The van der Waals surface area contributed by atoms with Gasteiger partial charge in [0.15, 0.2) is 0 Å². The minimum atomic E-state index is -0.0469. The number of benzene rings is 1. The molecule has 0 aliphatic heterocycles. The topological polar surface area (TPSA) is 43.8 Å². The first-order valence-corrected chi connectivity index (χ1v) is 6.57. The van der Waals surface area contributed by atoms with Gasteiger partial charge in [-0.2, -0.15) is 5.10 Å². The molecule has 0 bridgehead atoms. The SMILES string of the molecule is CCCn1cc(-c2ccc(C(C)N)c(Cl)c2)cn1. The second-order valence-corrected chi connectivity index (χ2v) is 4.92. The van der Waals surface area contributed by atoms with Gasteiger partial charge in [0.25, 0.3) is 0 Å². The zero-order chi connectivity index (χ0) is 13.1. The molecule has 0 radical (unpaired) electrons. The van der Waals surface area contributed by atoms with E-state index in [9.17, 15) is 0 Å². The summed E-state index contributed by atoms with van der Waals surface area (Å²) in [6.07, 6.45) is 4.99. The smallest absolute Gasteiger partial charge is 0.0568 e. The number of nitrogens with zero attached hydrogens (tertiary/aromatic N) is 2. The molecule has 2 aromatic rings. The lowest BCUT2D eigenvalue weighted by atomic mass is 10.0. The van der Waals surface area contributed by atoms with Gasteiger partial charge in [-0.05, 0) is 30.5 Å². The van der Waals surface area contributed by atoms with Gasteiger partial charge in [0.05, 0.1) is 6.20 Å². The van der Waals surface area contributed by atoms with Crippen molar-refractivity contribution in [1.82, 2.24) is 9.78 Å². The van der Waals surface area contributed by atoms with Crippen molar-refractivity contribution >= 4 is 11.6 Å². The molecular formula is C14H18ClN3. The molecule has 0 fully saturated rings. The summed E-state index contributed by atoms with van der Waals surface area (Å²) < 4.78 is 1.95. The molecule has 1 unspecified atom stereocenters. The molecule has 18 heavy (non-hydrogen) atoms. The fourth-order valence-corrected chi connectivity index (χ4v) is 2.29. The first-order chi connectivity index (χ1) is 8.61. The van der Waals surface area contributed by atoms with Crippen LogP contribution in [0, 0.1) is 0 Å². The summed E-state index contributed by atoms with van der Waals surface area (Å²) in [6, 6.07) is 5.93. The summed E-state index contributed by atoms with van der Waals surface area (Å²) in [4.78, 5) is 0. The van der Waals surface area contributed by atoms with Crippen LogP contribution in [-0.4, -0.2) is 9.78 Å². The van der Waals surface area contributed by atoms with Crippen molar-refractivity contribution < 1.29 is 0 Å². The Kier molecular flexibility index (Phi) is 4.04. The number of hydrogen-bond donors (Lipinski definition) is 1. The van der Waals surface area contributed by atoms with E-state index in [1.807, 2.05) is 42.2 Å². The molecule has 2 N–H and O–H groups in total. The highest BCUT2D eigenvalue weighted by Gasteiger charge is 2.08. The lowest BCUT2D eigenvalue weighted by Crippen LogP contribution is -2.05. The van der Waals surface area contributed by atoms with E-state index in [2.05, 4.69) is 12.0 Å². The molecule has 0 aliphatic carbocycles. The monoisotopic (exact) mass is 263 g/mol. The molecule has 0 aliphatic rings. The molecule has 1 aromatic carbocycles. The quantitative estimate of drug-likeness (QED) is 0.915. The van der Waals surface area contributed by atoms with Gasteiger partial charge in [-0.1, -0.05) is 30.7 Å². The van der Waals surface area contributed by atoms with Gasteiger partial charge in [-0.3, -0.25) is 4.68 Å². The number of nitrogens with two attached hydrogens (primary N) is 1. The summed E-state index contributed by atoms with van der Waals surface area (Å²) in [5.74, 6) is 0. The van der Waals surface area contributed by atoms with E-state index in [0.717, 1.165) is 29.7 Å². The van der Waals surface area contributed by atoms with Gasteiger partial charge in [-0.15, -0.1) is 0 Å². The standard InChI is InChI=1S/C14H18ClN3/c1-3-6-18-9-12(8-17-18)11-4-5-13(10(2)16)14(15)7-11/h4-5,7-10H,3,6,16H2,1-2H3. The van der Waals surface area contributed by atoms with Crippen LogP contribution in [-0.2, 0) is 6.54 Å². The summed E-state index contributed by atoms with van der Waals surface area (Å²) in [6.45, 7) is 5.00. The van der Waals surface area contributed by atoms with Gasteiger partial charge < -0.3 is 5.73 Å². The summed E-state index contributed by atoms with van der Waals surface area (Å²) >= 11 is 6.24. The van der Waals surface area contributed by atoms with Crippen LogP contribution in [0.2, 0.25) is 5.02 Å². The van der Waals surface area contributed by atoms with Crippen molar-refractivity contribution in [2.24, 2.45) is 5.73 Å². The minimum Gasteiger partial charge on any atom is -0.324 e. The number of aryl methyl sites for hydroxylation is 1. The highest BCUT2D eigenvalue weighted by molar-refractivity contribution is 6.31. The Balaban J connectivity index is 2.30. The number of rotatable bonds is 4. The van der Waals surface area contributed by atoms with E-state index in [1.54, 1.807) is 0 Å². The zero-order valence-corrected chi connectivity index (χ0v) is 11.5. The molecule has 1 aromatic heterocycles. The highest BCUT2D eigenvalue weighted by Crippen LogP contribution is 2.28. The van der Waals surface area contributed by atoms with Crippen LogP contribution in [0.15, 0.2) is 30.6 Å². The average molecular weight is 264 g/mol. The molecule has 0 saturated carbocycles. The third-order valence-corrected chi connectivity index (χ3v) is 3.24. The molecule has 4 heteroatoms. The summed E-state index contributed by atoms with van der Waals surface area (Å²) in [5, 5.41) is 5.03. The van der Waals surface area contributed by atoms with Crippen molar-refractivity contribution in [2.45, 2.75) is 32.9 Å². The Morgan fingerprint density at radius 1 is 1.39 bits per heavy atom. The Morgan fingerprint density at radius 3 is 2.78 bits per heavy atom. The van der Waals surface area contributed by atoms with Crippen molar-refractivity contribution in [3.05, 3.63) is 41.2 Å². The van der Waals surface area contributed by atoms with E-state index in [-0.39, 0.29) is 6.04 Å². The molecular weight excluding hydrogens is 246 g/mol. The lowest BCUT2D eigenvalue weighted by molar-refractivity contribution is 0.603. The Hall–Kier alpha value is -1.32. The number of hydrogen-bond acceptors (Lipinski definition) is 2. The molecule has 1 atom stereocenters. The van der Waals surface area contributed by atoms with Crippen LogP contribution < -0.4 is 5.73 Å². The van der Waals surface area contributed by atoms with E-state index in [4.69, 9.17) is 17.3 Å². The van der Waals surface area contributed by atoms with Gasteiger partial charge >= 0.3 is 0 Å². The van der Waals surface area contributed by atoms with Crippen molar-refractivity contribution in [1.29, 1.82) is 0 Å². The van der Waals surface area contributed by atoms with Crippen LogP contribution in [0.4, 0.5) is 0 Å². The third kappa shape index (κ3) is 2.74. The Bertz CT molecular complexity index is 532. The van der Waals surface area contributed by atoms with E-state index < -0.39 is 0 Å². The van der Waals surface area contributed by atoms with Crippen molar-refractivity contribution in [2.75, 3.05) is 0 Å². The normalized spacial score (nSPS) is 12.7. The number of halogens is 1. The fourth-order valence-electron chi connectivity index (χ4n) is 1.94. The van der Waals surface area contributed by atoms with Crippen molar-refractivity contribution in [3.8, 4) is 11.1 Å². The van der Waals surface area contributed by atoms with Crippen LogP contribution in [0.1, 0.15) is 31.9 Å². The molecule has 0 saturated heterocycles. The molecule has 3 nitrogen and oxygen atoms in total. The maximum Gasteiger partial charge on any atom is 0.0568 e. The van der Waals surface area contributed by atoms with Crippen LogP contribution in [0.3, 0.4) is 0 Å². The van der Waals surface area contributed by atoms with Crippen LogP contribution in [0.25, 0.3) is 11.1 Å². The van der Waals surface area contributed by atoms with E-state index >= 15 is 0 Å². The highest BCUT2D eigenvalue weighted by atomic mass is 35.5. The number of aromatic nitrogens is 2. The predicted octanol–water partition coefficient (Wildman–Crippen LogP) is 3.63. The van der Waals surface area contributed by atoms with Gasteiger partial charge in [0.1, 0.15) is 0 Å². The molecule has 0 spiro atoms. The van der Waals surface area contributed by atoms with Crippen molar-refractivity contribution in [3.63, 3.8) is 0 Å². The molecule has 2 rings (SSSR count). The maximum atomic E-state index is 6.24. The van der Waals surface area contributed by atoms with Gasteiger partial charge in [0, 0.05) is 29.4 Å². The first-order valence-electron chi connectivity index (χ1n) is 6.19. The second-order valence-electron chi connectivity index (χ2n) is 4.52. The fraction of sp³-hybridized carbons (Fsp3) is 0.357. The van der Waals surface area contributed by atoms with Crippen LogP contribution >= 0.6 is 11.6 Å². The van der Waals surface area contributed by atoms with E-state index in [0.29, 0.717) is 5.02 Å². The lowest BCUT2D eigenvalue weighted by Gasteiger charge is -2.09. The molecule has 96 valence electrons. The van der Waals surface area contributed by atoms with Gasteiger partial charge in [0.2, 0.25) is 0 Å². The maximum absolute atomic E-state index is 6.24. The minimum absolute atomic E-state index is 0.0469. The average Bonchev–Trinajstić information content (AvgIpc) is 2.77. The first kappa shape index (κ1) is 13.1. The third-order valence-electron chi connectivity index (χ3n) is 2.91. The summed E-state index contributed by atoms with van der Waals surface area (Å²) in [7, 11) is 0. The molecule has 1 heterocycles. The zero-order valence-electron chi connectivity index (χ0n) is 10.7. The Labute approximate surface area is 113 Å². The second kappa shape index (κ2) is 5.55. The predicted molar refractivity (Wildman–Crippen MR) is 75.6 cm³/mol. The Morgan fingerprint density at radius 2 is 2.17 bits per heavy atom. The van der Waals surface area contributed by atoms with E-state index in [1.165, 1.54) is 0 Å². The van der Waals surface area contributed by atoms with Gasteiger partial charge in [-0.25, -0.2) is 0 Å². The van der Waals surface area contributed by atoms with Crippen LogP contribution in [0.5, 0.6) is 0 Å². The largest absolute Gasteiger partial charge is 0.324 e. The summed E-state index contributed by atoms with van der Waals surface area (Å²) in [5.41, 5.74) is 8.98.